The standard InChI is InChI=1S/C15H25N5O.C2H4O2/c1-10-14(21-9-11-4-3-5-11)7-6-12(19-10)15(17)13(8-16)20(2)18;1-4-2-3/h6-7,11H,3-5,8-9,16-18H2,1-2H3;2H,1H3/b15-13-;. The number of aromatic nitrogens is 1. The van der Waals surface area contributed by atoms with E-state index in [1.54, 1.807) is 7.05 Å². The third kappa shape index (κ3) is 6.24. The third-order valence-electron chi connectivity index (χ3n) is 4.04. The van der Waals surface area contributed by atoms with Crippen LogP contribution in [-0.4, -0.2) is 43.8 Å². The summed E-state index contributed by atoms with van der Waals surface area (Å²) in [6.45, 7) is 3.33. The maximum Gasteiger partial charge on any atom is 0.292 e. The molecular weight excluding hydrogens is 322 g/mol. The first kappa shape index (κ1) is 20.7. The molecule has 0 aliphatic heterocycles. The van der Waals surface area contributed by atoms with E-state index in [9.17, 15) is 0 Å². The highest BCUT2D eigenvalue weighted by molar-refractivity contribution is 5.63. The number of carbonyl (C=O) groups excluding carboxylic acids is 1. The highest BCUT2D eigenvalue weighted by Crippen LogP contribution is 2.28. The first-order valence-electron chi connectivity index (χ1n) is 8.18. The maximum absolute atomic E-state index is 8.95. The number of aryl methyl sites for hydroxylation is 1. The SMILES string of the molecule is COC=O.Cc1nc(/C(N)=C(\CN)N(C)N)ccc1OCC1CCC1. The molecule has 0 atom stereocenters. The minimum atomic E-state index is 0.263. The quantitative estimate of drug-likeness (QED) is 0.373. The van der Waals surface area contributed by atoms with Crippen LogP contribution >= 0.6 is 0 Å². The van der Waals surface area contributed by atoms with Gasteiger partial charge >= 0.3 is 0 Å². The molecule has 1 aromatic heterocycles. The molecule has 1 heterocycles. The number of ether oxygens (including phenoxy) is 2. The van der Waals surface area contributed by atoms with Crippen LogP contribution in [-0.2, 0) is 9.53 Å². The van der Waals surface area contributed by atoms with Gasteiger partial charge in [0.15, 0.2) is 0 Å². The summed E-state index contributed by atoms with van der Waals surface area (Å²) in [5.74, 6) is 7.23. The monoisotopic (exact) mass is 351 g/mol. The van der Waals surface area contributed by atoms with Crippen molar-refractivity contribution in [1.29, 1.82) is 0 Å². The molecule has 0 aromatic carbocycles. The number of hydrogen-bond acceptors (Lipinski definition) is 8. The molecule has 0 radical (unpaired) electrons. The molecule has 1 saturated carbocycles. The van der Waals surface area contributed by atoms with Gasteiger partial charge in [-0.05, 0) is 37.8 Å². The molecule has 0 saturated heterocycles. The lowest BCUT2D eigenvalue weighted by atomic mass is 9.86. The normalized spacial score (nSPS) is 14.4. The predicted octanol–water partition coefficient (Wildman–Crippen LogP) is 0.750. The van der Waals surface area contributed by atoms with Crippen LogP contribution in [0.4, 0.5) is 0 Å². The van der Waals surface area contributed by atoms with Crippen molar-refractivity contribution in [1.82, 2.24) is 9.99 Å². The summed E-state index contributed by atoms with van der Waals surface area (Å²) in [6.07, 6.45) is 3.85. The Balaban J connectivity index is 0.000000705. The largest absolute Gasteiger partial charge is 0.491 e. The fourth-order valence-electron chi connectivity index (χ4n) is 2.31. The first-order chi connectivity index (χ1) is 11.9. The van der Waals surface area contributed by atoms with Crippen molar-refractivity contribution in [2.45, 2.75) is 26.2 Å². The van der Waals surface area contributed by atoms with Crippen molar-refractivity contribution in [2.24, 2.45) is 23.2 Å². The van der Waals surface area contributed by atoms with Gasteiger partial charge in [0.05, 0.1) is 36.5 Å². The summed E-state index contributed by atoms with van der Waals surface area (Å²) in [7, 11) is 3.02. The minimum absolute atomic E-state index is 0.263. The van der Waals surface area contributed by atoms with Gasteiger partial charge in [0.2, 0.25) is 0 Å². The van der Waals surface area contributed by atoms with E-state index in [0.29, 0.717) is 29.5 Å². The van der Waals surface area contributed by atoms with Gasteiger partial charge in [-0.25, -0.2) is 10.8 Å². The molecule has 25 heavy (non-hydrogen) atoms. The van der Waals surface area contributed by atoms with Crippen molar-refractivity contribution < 1.29 is 14.3 Å². The fourth-order valence-corrected chi connectivity index (χ4v) is 2.31. The Hall–Kier alpha value is -2.32. The van der Waals surface area contributed by atoms with Crippen LogP contribution in [0, 0.1) is 12.8 Å². The smallest absolute Gasteiger partial charge is 0.292 e. The Kier molecular flexibility index (Phi) is 8.73. The molecule has 140 valence electrons. The van der Waals surface area contributed by atoms with Crippen LogP contribution in [0.5, 0.6) is 5.75 Å². The highest BCUT2D eigenvalue weighted by atomic mass is 16.5. The first-order valence-corrected chi connectivity index (χ1v) is 8.18. The number of hydrazine groups is 1. The van der Waals surface area contributed by atoms with E-state index in [1.165, 1.54) is 31.4 Å². The highest BCUT2D eigenvalue weighted by Gasteiger charge is 2.18. The molecule has 2 rings (SSSR count). The van der Waals surface area contributed by atoms with Gasteiger partial charge in [-0.15, -0.1) is 0 Å². The van der Waals surface area contributed by atoms with E-state index >= 15 is 0 Å². The lowest BCUT2D eigenvalue weighted by Gasteiger charge is -2.25. The van der Waals surface area contributed by atoms with Gasteiger partial charge in [-0.3, -0.25) is 4.79 Å². The second-order valence-electron chi connectivity index (χ2n) is 5.90. The summed E-state index contributed by atoms with van der Waals surface area (Å²) in [5, 5.41) is 1.42. The zero-order chi connectivity index (χ0) is 18.8. The molecule has 0 bridgehead atoms. The summed E-state index contributed by atoms with van der Waals surface area (Å²) >= 11 is 0. The number of methoxy groups -OCH3 is 1. The van der Waals surface area contributed by atoms with E-state index in [4.69, 9.17) is 26.8 Å². The Morgan fingerprint density at radius 2 is 2.08 bits per heavy atom. The van der Waals surface area contributed by atoms with Crippen LogP contribution in [0.3, 0.4) is 0 Å². The topological polar surface area (TPSA) is 130 Å². The van der Waals surface area contributed by atoms with E-state index in [-0.39, 0.29) is 6.54 Å². The Labute approximate surface area is 148 Å². The molecule has 8 nitrogen and oxygen atoms in total. The average molecular weight is 351 g/mol. The second kappa shape index (κ2) is 10.5. The zero-order valence-electron chi connectivity index (χ0n) is 15.2. The predicted molar refractivity (Wildman–Crippen MR) is 97.0 cm³/mol. The Morgan fingerprint density at radius 1 is 1.44 bits per heavy atom. The van der Waals surface area contributed by atoms with E-state index < -0.39 is 0 Å². The van der Waals surface area contributed by atoms with Crippen molar-refractivity contribution in [2.75, 3.05) is 27.3 Å². The summed E-state index contributed by atoms with van der Waals surface area (Å²) in [4.78, 5) is 13.5. The van der Waals surface area contributed by atoms with Crippen molar-refractivity contribution in [3.05, 3.63) is 29.2 Å². The molecule has 0 spiro atoms. The molecule has 8 heteroatoms. The second-order valence-corrected chi connectivity index (χ2v) is 5.90. The number of rotatable bonds is 7. The number of nitrogens with two attached hydrogens (primary N) is 3. The van der Waals surface area contributed by atoms with Crippen LogP contribution < -0.4 is 22.0 Å². The zero-order valence-corrected chi connectivity index (χ0v) is 15.2. The Morgan fingerprint density at radius 3 is 2.48 bits per heavy atom. The summed E-state index contributed by atoms with van der Waals surface area (Å²) in [5.41, 5.74) is 14.4. The number of hydrogen-bond donors (Lipinski definition) is 3. The number of likely N-dealkylation sites (N-methyl/N-ethyl adjacent to an activating group) is 1. The lowest BCUT2D eigenvalue weighted by molar-refractivity contribution is -0.126. The van der Waals surface area contributed by atoms with Crippen LogP contribution in [0.15, 0.2) is 17.8 Å². The molecule has 1 aliphatic rings. The maximum atomic E-state index is 8.95. The molecule has 6 N–H and O–H groups in total. The van der Waals surface area contributed by atoms with Crippen LogP contribution in [0.2, 0.25) is 0 Å². The summed E-state index contributed by atoms with van der Waals surface area (Å²) in [6, 6.07) is 3.76. The fraction of sp³-hybridized carbons (Fsp3) is 0.529. The van der Waals surface area contributed by atoms with Gasteiger partial charge in [0.1, 0.15) is 5.75 Å². The third-order valence-corrected chi connectivity index (χ3v) is 4.04. The van der Waals surface area contributed by atoms with E-state index in [2.05, 4.69) is 9.72 Å². The number of nitrogens with zero attached hydrogens (tertiary/aromatic N) is 2. The van der Waals surface area contributed by atoms with Crippen molar-refractivity contribution in [3.63, 3.8) is 0 Å². The van der Waals surface area contributed by atoms with Gasteiger partial charge in [0.25, 0.3) is 6.47 Å². The van der Waals surface area contributed by atoms with Gasteiger partial charge in [-0.1, -0.05) is 6.42 Å². The Bertz CT molecular complexity index is 586. The van der Waals surface area contributed by atoms with Crippen LogP contribution in [0.1, 0.15) is 30.7 Å². The molecular formula is C17H29N5O3. The van der Waals surface area contributed by atoms with E-state index in [1.807, 2.05) is 19.1 Å². The average Bonchev–Trinajstić information content (AvgIpc) is 2.55. The molecule has 1 aliphatic carbocycles. The molecule has 1 fully saturated rings. The molecule has 0 unspecified atom stereocenters. The van der Waals surface area contributed by atoms with E-state index in [0.717, 1.165) is 18.1 Å². The summed E-state index contributed by atoms with van der Waals surface area (Å²) < 4.78 is 9.69. The van der Waals surface area contributed by atoms with Gasteiger partial charge < -0.3 is 25.9 Å². The van der Waals surface area contributed by atoms with Crippen LogP contribution in [0.25, 0.3) is 5.70 Å². The molecule has 1 aromatic rings. The van der Waals surface area contributed by atoms with Gasteiger partial charge in [-0.2, -0.15) is 0 Å². The van der Waals surface area contributed by atoms with Crippen molar-refractivity contribution >= 4 is 12.2 Å². The molecule has 0 amide bonds. The number of pyridine rings is 1. The minimum Gasteiger partial charge on any atom is -0.491 e. The van der Waals surface area contributed by atoms with Gasteiger partial charge in [0, 0.05) is 13.6 Å². The lowest BCUT2D eigenvalue weighted by Crippen LogP contribution is -2.32. The van der Waals surface area contributed by atoms with Crippen molar-refractivity contribution in [3.8, 4) is 5.75 Å². The number of carbonyl (C=O) groups is 1.